The topological polar surface area (TPSA) is 58.6 Å². The van der Waals surface area contributed by atoms with E-state index in [1.54, 1.807) is 14.2 Å². The number of hydrogen-bond donors (Lipinski definition) is 2. The molecule has 92 valence electrons. The van der Waals surface area contributed by atoms with Gasteiger partial charge in [0.25, 0.3) is 0 Å². The molecule has 1 fully saturated rings. The van der Waals surface area contributed by atoms with E-state index < -0.39 is 11.4 Å². The number of rotatable bonds is 5. The van der Waals surface area contributed by atoms with Crippen LogP contribution in [-0.2, 0) is 4.79 Å². The summed E-state index contributed by atoms with van der Waals surface area (Å²) in [5.74, 6) is 0.0662. The van der Waals surface area contributed by atoms with Crippen LogP contribution in [0.3, 0.4) is 0 Å². The fraction of sp³-hybridized carbons (Fsp3) is 0.462. The van der Waals surface area contributed by atoms with Gasteiger partial charge >= 0.3 is 5.97 Å². The molecule has 1 aliphatic rings. The molecule has 0 saturated heterocycles. The standard InChI is InChI=1S/C13H17NO3/c1-14-11(13(7-8-13)12(15)16)9-3-5-10(17-2)6-4-9/h3-6,11,14H,7-8H2,1-2H3,(H,15,16). The number of carboxylic acid groups (broad SMARTS) is 1. The lowest BCUT2D eigenvalue weighted by Gasteiger charge is -2.23. The monoisotopic (exact) mass is 235 g/mol. The van der Waals surface area contributed by atoms with Gasteiger partial charge in [-0.1, -0.05) is 12.1 Å². The zero-order chi connectivity index (χ0) is 12.5. The van der Waals surface area contributed by atoms with Gasteiger partial charge in [-0.05, 0) is 37.6 Å². The minimum Gasteiger partial charge on any atom is -0.497 e. The maximum absolute atomic E-state index is 11.3. The maximum atomic E-state index is 11.3. The molecule has 2 rings (SSSR count). The fourth-order valence-corrected chi connectivity index (χ4v) is 2.32. The second-order valence-electron chi connectivity index (χ2n) is 4.46. The Morgan fingerprint density at radius 2 is 2.00 bits per heavy atom. The van der Waals surface area contributed by atoms with Crippen LogP contribution in [0.2, 0.25) is 0 Å². The lowest BCUT2D eigenvalue weighted by atomic mass is 9.90. The van der Waals surface area contributed by atoms with Gasteiger partial charge in [0.1, 0.15) is 5.75 Å². The molecule has 0 radical (unpaired) electrons. The Bertz CT molecular complexity index is 409. The van der Waals surface area contributed by atoms with E-state index >= 15 is 0 Å². The first-order valence-electron chi connectivity index (χ1n) is 5.68. The molecule has 1 aromatic rings. The van der Waals surface area contributed by atoms with Gasteiger partial charge in [0.15, 0.2) is 0 Å². The molecule has 4 heteroatoms. The predicted octanol–water partition coefficient (Wildman–Crippen LogP) is 1.82. The first kappa shape index (κ1) is 11.9. The van der Waals surface area contributed by atoms with E-state index in [1.165, 1.54) is 0 Å². The van der Waals surface area contributed by atoms with Gasteiger partial charge in [-0.25, -0.2) is 0 Å². The van der Waals surface area contributed by atoms with E-state index in [9.17, 15) is 9.90 Å². The quantitative estimate of drug-likeness (QED) is 0.817. The van der Waals surface area contributed by atoms with E-state index in [-0.39, 0.29) is 6.04 Å². The highest BCUT2D eigenvalue weighted by Gasteiger charge is 2.56. The Labute approximate surface area is 101 Å². The number of aliphatic carboxylic acids is 1. The van der Waals surface area contributed by atoms with Crippen LogP contribution in [0.4, 0.5) is 0 Å². The summed E-state index contributed by atoms with van der Waals surface area (Å²) in [4.78, 5) is 11.3. The van der Waals surface area contributed by atoms with Gasteiger partial charge in [-0.3, -0.25) is 4.79 Å². The number of carbonyl (C=O) groups is 1. The van der Waals surface area contributed by atoms with Crippen molar-refractivity contribution in [3.8, 4) is 5.75 Å². The van der Waals surface area contributed by atoms with Crippen LogP contribution in [0.15, 0.2) is 24.3 Å². The molecule has 1 atom stereocenters. The van der Waals surface area contributed by atoms with E-state index in [1.807, 2.05) is 24.3 Å². The van der Waals surface area contributed by atoms with Crippen molar-refractivity contribution in [3.63, 3.8) is 0 Å². The summed E-state index contributed by atoms with van der Waals surface area (Å²) < 4.78 is 5.09. The third-order valence-corrected chi connectivity index (χ3v) is 3.50. The van der Waals surface area contributed by atoms with Crippen LogP contribution in [0.25, 0.3) is 0 Å². The zero-order valence-corrected chi connectivity index (χ0v) is 10.1. The van der Waals surface area contributed by atoms with Crippen LogP contribution >= 0.6 is 0 Å². The van der Waals surface area contributed by atoms with Gasteiger partial charge < -0.3 is 15.2 Å². The summed E-state index contributed by atoms with van der Waals surface area (Å²) in [6.07, 6.45) is 1.47. The highest BCUT2D eigenvalue weighted by molar-refractivity contribution is 5.79. The Hall–Kier alpha value is -1.55. The van der Waals surface area contributed by atoms with E-state index in [0.29, 0.717) is 0 Å². The number of benzene rings is 1. The van der Waals surface area contributed by atoms with Gasteiger partial charge in [-0.2, -0.15) is 0 Å². The lowest BCUT2D eigenvalue weighted by Crippen LogP contribution is -2.32. The molecule has 0 amide bonds. The van der Waals surface area contributed by atoms with E-state index in [2.05, 4.69) is 5.32 Å². The fourth-order valence-electron chi connectivity index (χ4n) is 2.32. The van der Waals surface area contributed by atoms with Crippen molar-refractivity contribution in [2.45, 2.75) is 18.9 Å². The van der Waals surface area contributed by atoms with Gasteiger partial charge in [0.2, 0.25) is 0 Å². The largest absolute Gasteiger partial charge is 0.497 e. The van der Waals surface area contributed by atoms with Crippen LogP contribution in [0.5, 0.6) is 5.75 Å². The minimum atomic E-state index is -0.715. The third kappa shape index (κ3) is 2.00. The van der Waals surface area contributed by atoms with Crippen molar-refractivity contribution in [3.05, 3.63) is 29.8 Å². The first-order valence-corrected chi connectivity index (χ1v) is 5.68. The normalized spacial score (nSPS) is 18.5. The van der Waals surface area contributed by atoms with Crippen LogP contribution in [-0.4, -0.2) is 25.2 Å². The minimum absolute atomic E-state index is 0.133. The second-order valence-corrected chi connectivity index (χ2v) is 4.46. The molecular formula is C13H17NO3. The summed E-state index contributed by atoms with van der Waals surface area (Å²) in [5.41, 5.74) is 0.372. The molecule has 0 aliphatic heterocycles. The number of nitrogens with one attached hydrogen (secondary N) is 1. The van der Waals surface area contributed by atoms with Gasteiger partial charge in [0, 0.05) is 6.04 Å². The average molecular weight is 235 g/mol. The Balaban J connectivity index is 2.26. The molecule has 0 aromatic heterocycles. The van der Waals surface area contributed by atoms with Gasteiger partial charge in [-0.15, -0.1) is 0 Å². The van der Waals surface area contributed by atoms with Crippen molar-refractivity contribution in [1.82, 2.24) is 5.32 Å². The molecule has 1 saturated carbocycles. The van der Waals surface area contributed by atoms with Gasteiger partial charge in [0.05, 0.1) is 12.5 Å². The van der Waals surface area contributed by atoms with Crippen LogP contribution in [0, 0.1) is 5.41 Å². The number of carboxylic acids is 1. The third-order valence-electron chi connectivity index (χ3n) is 3.50. The highest BCUT2D eigenvalue weighted by Crippen LogP contribution is 2.55. The van der Waals surface area contributed by atoms with Crippen molar-refractivity contribution in [2.75, 3.05) is 14.2 Å². The smallest absolute Gasteiger partial charge is 0.311 e. The number of ether oxygens (including phenoxy) is 1. The SMILES string of the molecule is CNC(c1ccc(OC)cc1)C1(C(=O)O)CC1. The summed E-state index contributed by atoms with van der Waals surface area (Å²) in [7, 11) is 3.42. The maximum Gasteiger partial charge on any atom is 0.311 e. The summed E-state index contributed by atoms with van der Waals surface area (Å²) in [5, 5.41) is 12.4. The summed E-state index contributed by atoms with van der Waals surface area (Å²) in [6.45, 7) is 0. The van der Waals surface area contributed by atoms with Crippen molar-refractivity contribution >= 4 is 5.97 Å². The highest BCUT2D eigenvalue weighted by atomic mass is 16.5. The molecular weight excluding hydrogens is 218 g/mol. The van der Waals surface area contributed by atoms with E-state index in [4.69, 9.17) is 4.74 Å². The van der Waals surface area contributed by atoms with Crippen LogP contribution in [0.1, 0.15) is 24.4 Å². The van der Waals surface area contributed by atoms with Crippen molar-refractivity contribution in [2.24, 2.45) is 5.41 Å². The molecule has 0 spiro atoms. The molecule has 1 aromatic carbocycles. The van der Waals surface area contributed by atoms with Crippen molar-refractivity contribution < 1.29 is 14.6 Å². The lowest BCUT2D eigenvalue weighted by molar-refractivity contribution is -0.144. The molecule has 4 nitrogen and oxygen atoms in total. The first-order chi connectivity index (χ1) is 8.14. The Morgan fingerprint density at radius 1 is 1.41 bits per heavy atom. The Morgan fingerprint density at radius 3 is 2.35 bits per heavy atom. The average Bonchev–Trinajstić information content (AvgIpc) is 3.12. The number of methoxy groups -OCH3 is 1. The molecule has 1 aliphatic carbocycles. The second kappa shape index (κ2) is 4.37. The molecule has 2 N–H and O–H groups in total. The Kier molecular flexibility index (Phi) is 3.07. The number of hydrogen-bond acceptors (Lipinski definition) is 3. The predicted molar refractivity (Wildman–Crippen MR) is 64.1 cm³/mol. The molecule has 0 heterocycles. The zero-order valence-electron chi connectivity index (χ0n) is 10.1. The van der Waals surface area contributed by atoms with E-state index in [0.717, 1.165) is 24.2 Å². The summed E-state index contributed by atoms with van der Waals surface area (Å²) in [6, 6.07) is 7.42. The van der Waals surface area contributed by atoms with Crippen LogP contribution < -0.4 is 10.1 Å². The molecule has 0 bridgehead atoms. The van der Waals surface area contributed by atoms with Crippen molar-refractivity contribution in [1.29, 1.82) is 0 Å². The molecule has 1 unspecified atom stereocenters. The summed E-state index contributed by atoms with van der Waals surface area (Å²) >= 11 is 0. The molecule has 17 heavy (non-hydrogen) atoms.